The topological polar surface area (TPSA) is 21.3 Å². The van der Waals surface area contributed by atoms with Gasteiger partial charge in [-0.2, -0.15) is 0 Å². The Balaban J connectivity index is 2.52. The van der Waals surface area contributed by atoms with Crippen LogP contribution in [-0.2, 0) is 11.2 Å². The Kier molecular flexibility index (Phi) is 6.70. The Hall–Kier alpha value is -0.990. The molecule has 3 heteroatoms. The summed E-state index contributed by atoms with van der Waals surface area (Å²) >= 11 is 5.55. The van der Waals surface area contributed by atoms with Crippen LogP contribution in [0.1, 0.15) is 5.56 Å². The van der Waals surface area contributed by atoms with Crippen molar-refractivity contribution >= 4 is 17.3 Å². The van der Waals surface area contributed by atoms with Crippen LogP contribution < -0.4 is 5.32 Å². The van der Waals surface area contributed by atoms with Crippen LogP contribution in [0.4, 0.5) is 5.69 Å². The summed E-state index contributed by atoms with van der Waals surface area (Å²) in [6.45, 7) is 1.55. The average Bonchev–Trinajstić information content (AvgIpc) is 2.33. The largest absolute Gasteiger partial charge is 0.384 e. The number of hydrogen-bond acceptors (Lipinski definition) is 2. The number of ether oxygens (including phenoxy) is 1. The van der Waals surface area contributed by atoms with Gasteiger partial charge < -0.3 is 10.1 Å². The van der Waals surface area contributed by atoms with E-state index in [1.165, 1.54) is 11.3 Å². The monoisotopic (exact) mass is 239 g/mol. The summed E-state index contributed by atoms with van der Waals surface area (Å²) in [5.74, 6) is 0.563. The minimum Gasteiger partial charge on any atom is -0.384 e. The summed E-state index contributed by atoms with van der Waals surface area (Å²) in [6, 6.07) is 8.28. The lowest BCUT2D eigenvalue weighted by Gasteiger charge is -2.10. The standard InChI is InChI=1S/C13H18ClNO/c1-16-11-8-12-6-2-3-7-13(12)15-10-5-4-9-14/h2-7,15H,8-11H2,1H3/b5-4+. The first-order valence-corrected chi connectivity index (χ1v) is 5.93. The van der Waals surface area contributed by atoms with Crippen LogP contribution >= 0.6 is 11.6 Å². The molecule has 0 saturated heterocycles. The van der Waals surface area contributed by atoms with Crippen LogP contribution in [0, 0.1) is 0 Å². The minimum absolute atomic E-state index is 0.563. The molecule has 0 spiro atoms. The highest BCUT2D eigenvalue weighted by Gasteiger charge is 1.99. The number of methoxy groups -OCH3 is 1. The molecule has 88 valence electrons. The third kappa shape index (κ3) is 4.69. The first kappa shape index (κ1) is 13.1. The number of halogens is 1. The van der Waals surface area contributed by atoms with Gasteiger partial charge in [0.15, 0.2) is 0 Å². The number of anilines is 1. The van der Waals surface area contributed by atoms with Crippen LogP contribution in [0.15, 0.2) is 36.4 Å². The van der Waals surface area contributed by atoms with Gasteiger partial charge in [0.05, 0.1) is 6.61 Å². The summed E-state index contributed by atoms with van der Waals surface area (Å²) in [5.41, 5.74) is 2.45. The second kappa shape index (κ2) is 8.20. The van der Waals surface area contributed by atoms with Gasteiger partial charge in [-0.15, -0.1) is 11.6 Å². The Bertz CT molecular complexity index is 325. The molecule has 0 bridgehead atoms. The zero-order valence-electron chi connectivity index (χ0n) is 9.58. The van der Waals surface area contributed by atoms with Gasteiger partial charge in [-0.1, -0.05) is 30.4 Å². The normalized spacial score (nSPS) is 10.9. The van der Waals surface area contributed by atoms with Crippen molar-refractivity contribution in [3.8, 4) is 0 Å². The fourth-order valence-corrected chi connectivity index (χ4v) is 1.56. The summed E-state index contributed by atoms with van der Waals surface area (Å²) in [4.78, 5) is 0. The molecule has 16 heavy (non-hydrogen) atoms. The molecule has 0 aliphatic rings. The van der Waals surface area contributed by atoms with Crippen LogP contribution in [0.5, 0.6) is 0 Å². The lowest BCUT2D eigenvalue weighted by molar-refractivity contribution is 0.202. The van der Waals surface area contributed by atoms with Gasteiger partial charge in [-0.05, 0) is 18.1 Å². The number of alkyl halides is 1. The van der Waals surface area contributed by atoms with Crippen molar-refractivity contribution in [3.05, 3.63) is 42.0 Å². The molecule has 0 saturated carbocycles. The third-order valence-electron chi connectivity index (χ3n) is 2.26. The highest BCUT2D eigenvalue weighted by atomic mass is 35.5. The smallest absolute Gasteiger partial charge is 0.0503 e. The van der Waals surface area contributed by atoms with Gasteiger partial charge in [0.25, 0.3) is 0 Å². The van der Waals surface area contributed by atoms with Crippen molar-refractivity contribution in [1.29, 1.82) is 0 Å². The van der Waals surface area contributed by atoms with E-state index in [4.69, 9.17) is 16.3 Å². The van der Waals surface area contributed by atoms with Gasteiger partial charge in [0.2, 0.25) is 0 Å². The molecule has 0 aliphatic heterocycles. The second-order valence-corrected chi connectivity index (χ2v) is 3.72. The van der Waals surface area contributed by atoms with Gasteiger partial charge >= 0.3 is 0 Å². The molecule has 0 unspecified atom stereocenters. The predicted octanol–water partition coefficient (Wildman–Crippen LogP) is 3.08. The molecule has 0 fully saturated rings. The van der Waals surface area contributed by atoms with E-state index in [-0.39, 0.29) is 0 Å². The van der Waals surface area contributed by atoms with E-state index in [0.717, 1.165) is 19.6 Å². The van der Waals surface area contributed by atoms with E-state index in [1.807, 2.05) is 24.3 Å². The Morgan fingerprint density at radius 1 is 1.31 bits per heavy atom. The molecular weight excluding hydrogens is 222 g/mol. The van der Waals surface area contributed by atoms with Gasteiger partial charge in [-0.3, -0.25) is 0 Å². The fourth-order valence-electron chi connectivity index (χ4n) is 1.44. The lowest BCUT2D eigenvalue weighted by Crippen LogP contribution is -2.03. The van der Waals surface area contributed by atoms with Crippen molar-refractivity contribution < 1.29 is 4.74 Å². The van der Waals surface area contributed by atoms with E-state index in [1.54, 1.807) is 7.11 Å². The molecule has 1 N–H and O–H groups in total. The molecule has 0 amide bonds. The molecule has 0 aliphatic carbocycles. The van der Waals surface area contributed by atoms with Crippen LogP contribution in [-0.4, -0.2) is 26.1 Å². The maximum Gasteiger partial charge on any atom is 0.0503 e. The molecule has 0 aromatic heterocycles. The molecule has 0 heterocycles. The number of nitrogens with one attached hydrogen (secondary N) is 1. The van der Waals surface area contributed by atoms with Crippen LogP contribution in [0.3, 0.4) is 0 Å². The predicted molar refractivity (Wildman–Crippen MR) is 70.4 cm³/mol. The maximum atomic E-state index is 5.55. The average molecular weight is 240 g/mol. The molecule has 2 nitrogen and oxygen atoms in total. The van der Waals surface area contributed by atoms with Crippen molar-refractivity contribution in [2.45, 2.75) is 6.42 Å². The quantitative estimate of drug-likeness (QED) is 0.583. The molecule has 1 aromatic rings. The van der Waals surface area contributed by atoms with Gasteiger partial charge in [0, 0.05) is 25.2 Å². The molecule has 0 atom stereocenters. The minimum atomic E-state index is 0.563. The molecular formula is C13H18ClNO. The number of hydrogen-bond donors (Lipinski definition) is 1. The number of allylic oxidation sites excluding steroid dienone is 1. The van der Waals surface area contributed by atoms with E-state index < -0.39 is 0 Å². The Labute approximate surface area is 102 Å². The zero-order chi connectivity index (χ0) is 11.6. The molecule has 1 aromatic carbocycles. The SMILES string of the molecule is COCCc1ccccc1NC/C=C/CCl. The Morgan fingerprint density at radius 2 is 2.12 bits per heavy atom. The van der Waals surface area contributed by atoms with Gasteiger partial charge in [-0.25, -0.2) is 0 Å². The first-order valence-electron chi connectivity index (χ1n) is 5.40. The third-order valence-corrected chi connectivity index (χ3v) is 2.44. The number of rotatable bonds is 7. The summed E-state index contributed by atoms with van der Waals surface area (Å²) in [5, 5.41) is 3.36. The highest BCUT2D eigenvalue weighted by molar-refractivity contribution is 6.18. The van der Waals surface area contributed by atoms with E-state index >= 15 is 0 Å². The van der Waals surface area contributed by atoms with E-state index in [9.17, 15) is 0 Å². The van der Waals surface area contributed by atoms with Crippen LogP contribution in [0.25, 0.3) is 0 Å². The lowest BCUT2D eigenvalue weighted by atomic mass is 10.1. The molecule has 1 rings (SSSR count). The highest BCUT2D eigenvalue weighted by Crippen LogP contribution is 2.15. The van der Waals surface area contributed by atoms with Crippen LogP contribution in [0.2, 0.25) is 0 Å². The summed E-state index contributed by atoms with van der Waals surface area (Å²) < 4.78 is 5.08. The van der Waals surface area contributed by atoms with Crippen molar-refractivity contribution in [2.75, 3.05) is 31.5 Å². The second-order valence-electron chi connectivity index (χ2n) is 3.41. The number of para-hydroxylation sites is 1. The van der Waals surface area contributed by atoms with E-state index in [0.29, 0.717) is 5.88 Å². The van der Waals surface area contributed by atoms with Gasteiger partial charge in [0.1, 0.15) is 0 Å². The van der Waals surface area contributed by atoms with Crippen molar-refractivity contribution in [1.82, 2.24) is 0 Å². The summed E-state index contributed by atoms with van der Waals surface area (Å²) in [6.07, 6.45) is 4.89. The van der Waals surface area contributed by atoms with Crippen molar-refractivity contribution in [2.24, 2.45) is 0 Å². The first-order chi connectivity index (χ1) is 7.88. The number of benzene rings is 1. The van der Waals surface area contributed by atoms with E-state index in [2.05, 4.69) is 17.4 Å². The maximum absolute atomic E-state index is 5.55. The Morgan fingerprint density at radius 3 is 2.88 bits per heavy atom. The molecule has 0 radical (unpaired) electrons. The zero-order valence-corrected chi connectivity index (χ0v) is 10.3. The summed E-state index contributed by atoms with van der Waals surface area (Å²) in [7, 11) is 1.72. The fraction of sp³-hybridized carbons (Fsp3) is 0.385. The van der Waals surface area contributed by atoms with Crippen molar-refractivity contribution in [3.63, 3.8) is 0 Å².